The summed E-state index contributed by atoms with van der Waals surface area (Å²) in [6.07, 6.45) is 0. The van der Waals surface area contributed by atoms with Gasteiger partial charge in [-0.25, -0.2) is 0 Å². The first-order valence-corrected chi connectivity index (χ1v) is 32.3. The van der Waals surface area contributed by atoms with Crippen LogP contribution in [0.3, 0.4) is 0 Å². The number of hydrogen-bond donors (Lipinski definition) is 0. The van der Waals surface area contributed by atoms with E-state index in [1.807, 2.05) is 6.07 Å². The van der Waals surface area contributed by atoms with Gasteiger partial charge in [-0.1, -0.05) is 303 Å². The van der Waals surface area contributed by atoms with E-state index in [1.54, 1.807) is 0 Å². The van der Waals surface area contributed by atoms with Gasteiger partial charge < -0.3 is 13.6 Å². The van der Waals surface area contributed by atoms with Crippen LogP contribution in [0.5, 0.6) is 0 Å². The molecule has 0 fully saturated rings. The minimum Gasteiger partial charge on any atom is -0.455 e. The van der Waals surface area contributed by atoms with E-state index in [0.717, 1.165) is 99.9 Å². The highest BCUT2D eigenvalue weighted by Gasteiger charge is 2.43. The highest BCUT2D eigenvalue weighted by atomic mass is 28.3. The molecule has 0 atom stereocenters. The number of rotatable bonds is 11. The Morgan fingerprint density at radius 3 is 1.30 bits per heavy atom. The van der Waals surface area contributed by atoms with Crippen molar-refractivity contribution in [3.8, 4) is 67.0 Å². The van der Waals surface area contributed by atoms with E-state index in [-0.39, 0.29) is 0 Å². The average molecular weight is 1140 g/mol. The van der Waals surface area contributed by atoms with Gasteiger partial charge in [-0.2, -0.15) is 0 Å². The highest BCUT2D eigenvalue weighted by Crippen LogP contribution is 2.46. The third-order valence-electron chi connectivity index (χ3n) is 18.3. The molecule has 4 heteroatoms. The smallest absolute Gasteiger partial charge is 0.179 e. The van der Waals surface area contributed by atoms with Crippen molar-refractivity contribution in [3.63, 3.8) is 0 Å². The third kappa shape index (κ3) is 8.11. The standard InChI is InChI=1S/C84H56N2OSi/c1-6-26-57(27-7-1)58-48-51-64(52-49-58)88(62-32-12-4-13-33-62,63-34-14-5-15-35-63)65-55-75(59-28-8-2-9-29-59)83(76(56-65)60-30-10-3-11-31-60)86-79-46-22-19-39-69(79)77-54-61(50-53-80(77)86)85-78-45-21-18-38-68(78)72-42-24-41-71(82(72)85)66-36-16-17-37-67(66)73-43-25-44-74-70-40-20-23-47-81(70)87-84(73)74/h1-56H. The van der Waals surface area contributed by atoms with Gasteiger partial charge in [0.15, 0.2) is 8.07 Å². The van der Waals surface area contributed by atoms with Crippen LogP contribution in [0.1, 0.15) is 0 Å². The number of furan rings is 1. The molecule has 0 spiro atoms. The highest BCUT2D eigenvalue weighted by molar-refractivity contribution is 7.20. The molecule has 0 radical (unpaired) electrons. The summed E-state index contributed by atoms with van der Waals surface area (Å²) in [5.74, 6) is 0. The van der Waals surface area contributed by atoms with Crippen LogP contribution in [0.4, 0.5) is 0 Å². The maximum absolute atomic E-state index is 6.72. The summed E-state index contributed by atoms with van der Waals surface area (Å²) in [6.45, 7) is 0. The second kappa shape index (κ2) is 21.0. The monoisotopic (exact) mass is 1140 g/mol. The molecule has 412 valence electrons. The van der Waals surface area contributed by atoms with Crippen molar-refractivity contribution >= 4 is 94.4 Å². The van der Waals surface area contributed by atoms with Gasteiger partial charge in [0.05, 0.1) is 27.8 Å². The quantitative estimate of drug-likeness (QED) is 0.0935. The van der Waals surface area contributed by atoms with Crippen LogP contribution in [0.15, 0.2) is 344 Å². The lowest BCUT2D eigenvalue weighted by molar-refractivity contribution is 0.670. The van der Waals surface area contributed by atoms with Crippen molar-refractivity contribution in [3.05, 3.63) is 340 Å². The van der Waals surface area contributed by atoms with E-state index in [1.165, 1.54) is 53.4 Å². The molecule has 0 aliphatic heterocycles. The molecule has 0 saturated heterocycles. The molecular formula is C84H56N2OSi. The second-order valence-electron chi connectivity index (χ2n) is 23.0. The first-order chi connectivity index (χ1) is 43.7. The van der Waals surface area contributed by atoms with Crippen LogP contribution >= 0.6 is 0 Å². The van der Waals surface area contributed by atoms with Crippen molar-refractivity contribution in [2.24, 2.45) is 0 Å². The van der Waals surface area contributed by atoms with Gasteiger partial charge in [0.25, 0.3) is 0 Å². The minimum atomic E-state index is -3.14. The summed E-state index contributed by atoms with van der Waals surface area (Å²) < 4.78 is 11.8. The number of aromatic nitrogens is 2. The van der Waals surface area contributed by atoms with Gasteiger partial charge in [0.1, 0.15) is 11.2 Å². The Hall–Kier alpha value is -11.3. The zero-order chi connectivity index (χ0) is 58.1. The summed E-state index contributed by atoms with van der Waals surface area (Å²) >= 11 is 0. The number of para-hydroxylation sites is 5. The number of hydrogen-bond acceptors (Lipinski definition) is 1. The van der Waals surface area contributed by atoms with Crippen molar-refractivity contribution < 1.29 is 4.42 Å². The van der Waals surface area contributed by atoms with Crippen molar-refractivity contribution in [1.82, 2.24) is 9.13 Å². The Kier molecular flexibility index (Phi) is 12.2. The molecule has 0 aliphatic carbocycles. The lowest BCUT2D eigenvalue weighted by Gasteiger charge is -2.36. The van der Waals surface area contributed by atoms with Crippen molar-refractivity contribution in [2.45, 2.75) is 0 Å². The van der Waals surface area contributed by atoms with Gasteiger partial charge >= 0.3 is 0 Å². The largest absolute Gasteiger partial charge is 0.455 e. The molecule has 14 aromatic carbocycles. The lowest BCUT2D eigenvalue weighted by Crippen LogP contribution is -2.74. The molecule has 3 nitrogen and oxygen atoms in total. The fourth-order valence-corrected chi connectivity index (χ4v) is 19.2. The Labute approximate surface area is 511 Å². The molecule has 3 heterocycles. The van der Waals surface area contributed by atoms with Crippen LogP contribution in [-0.2, 0) is 0 Å². The maximum Gasteiger partial charge on any atom is 0.179 e. The summed E-state index contributed by atoms with van der Waals surface area (Å²) in [6, 6.07) is 126. The number of benzene rings is 14. The van der Waals surface area contributed by atoms with E-state index < -0.39 is 8.07 Å². The first-order valence-electron chi connectivity index (χ1n) is 30.3. The third-order valence-corrected chi connectivity index (χ3v) is 23.0. The van der Waals surface area contributed by atoms with Crippen LogP contribution < -0.4 is 20.7 Å². The van der Waals surface area contributed by atoms with Gasteiger partial charge in [-0.05, 0) is 90.5 Å². The van der Waals surface area contributed by atoms with Crippen LogP contribution in [-0.4, -0.2) is 17.2 Å². The molecular weight excluding hydrogens is 1080 g/mol. The summed E-state index contributed by atoms with van der Waals surface area (Å²) in [7, 11) is -3.14. The van der Waals surface area contributed by atoms with Gasteiger partial charge in [-0.15, -0.1) is 0 Å². The Morgan fingerprint density at radius 2 is 0.670 bits per heavy atom. The fourth-order valence-electron chi connectivity index (χ4n) is 14.4. The Morgan fingerprint density at radius 1 is 0.239 bits per heavy atom. The van der Waals surface area contributed by atoms with E-state index in [4.69, 9.17) is 4.42 Å². The van der Waals surface area contributed by atoms with Gasteiger partial charge in [0, 0.05) is 60.3 Å². The summed E-state index contributed by atoms with van der Waals surface area (Å²) in [5.41, 5.74) is 20.1. The van der Waals surface area contributed by atoms with Gasteiger partial charge in [0.2, 0.25) is 0 Å². The van der Waals surface area contributed by atoms with E-state index in [9.17, 15) is 0 Å². The fraction of sp³-hybridized carbons (Fsp3) is 0. The molecule has 0 amide bonds. The molecule has 0 bridgehead atoms. The normalized spacial score (nSPS) is 11.9. The maximum atomic E-state index is 6.72. The van der Waals surface area contributed by atoms with E-state index in [0.29, 0.717) is 0 Å². The minimum absolute atomic E-state index is 0.891. The zero-order valence-electron chi connectivity index (χ0n) is 48.1. The lowest BCUT2D eigenvalue weighted by atomic mass is 9.92. The van der Waals surface area contributed by atoms with Crippen molar-refractivity contribution in [1.29, 1.82) is 0 Å². The molecule has 0 unspecified atom stereocenters. The van der Waals surface area contributed by atoms with E-state index >= 15 is 0 Å². The predicted octanol–water partition coefficient (Wildman–Crippen LogP) is 19.5. The molecule has 3 aromatic heterocycles. The van der Waals surface area contributed by atoms with Crippen molar-refractivity contribution in [2.75, 3.05) is 0 Å². The summed E-state index contributed by atoms with van der Waals surface area (Å²) in [4.78, 5) is 0. The second-order valence-corrected chi connectivity index (χ2v) is 26.8. The van der Waals surface area contributed by atoms with Crippen LogP contribution in [0.25, 0.3) is 133 Å². The Bertz CT molecular complexity index is 5370. The van der Waals surface area contributed by atoms with Crippen LogP contribution in [0, 0.1) is 0 Å². The number of fused-ring (bicyclic) bond motifs is 9. The molecule has 0 N–H and O–H groups in total. The van der Waals surface area contributed by atoms with Crippen LogP contribution in [0.2, 0.25) is 0 Å². The topological polar surface area (TPSA) is 23.0 Å². The molecule has 17 aromatic rings. The predicted molar refractivity (Wildman–Crippen MR) is 373 cm³/mol. The zero-order valence-corrected chi connectivity index (χ0v) is 49.1. The molecule has 17 rings (SSSR count). The molecule has 88 heavy (non-hydrogen) atoms. The SMILES string of the molecule is c1ccc(-c2ccc([Si](c3ccccc3)(c3ccccc3)c3cc(-c4ccccc4)c(-n4c5ccccc5c5cc(-n6c7ccccc7c7cccc(-c8ccccc8-c8cccc9c8oc8ccccc89)c76)ccc54)c(-c4ccccc4)c3)cc2)cc1. The first kappa shape index (κ1) is 51.1. The molecule has 0 saturated carbocycles. The Balaban J connectivity index is 0.927. The van der Waals surface area contributed by atoms with Gasteiger partial charge in [-0.3, -0.25) is 0 Å². The number of nitrogens with zero attached hydrogens (tertiary/aromatic N) is 2. The van der Waals surface area contributed by atoms with E-state index in [2.05, 4.69) is 343 Å². The molecule has 0 aliphatic rings. The summed E-state index contributed by atoms with van der Waals surface area (Å²) in [5, 5.41) is 12.3. The average Bonchev–Trinajstić information content (AvgIpc) is 1.45.